The lowest BCUT2D eigenvalue weighted by molar-refractivity contribution is -0.384. The molecule has 0 aliphatic carbocycles. The molecule has 0 radical (unpaired) electrons. The number of hydrogen-bond donors (Lipinski definition) is 2. The van der Waals surface area contributed by atoms with Gasteiger partial charge < -0.3 is 14.8 Å². The number of aliphatic hydroxyl groups is 1. The maximum atomic E-state index is 11.0. The van der Waals surface area contributed by atoms with Crippen LogP contribution in [0.15, 0.2) is 40.8 Å². The lowest BCUT2D eigenvalue weighted by atomic mass is 10.1. The summed E-state index contributed by atoms with van der Waals surface area (Å²) in [4.78, 5) is 10.6. The van der Waals surface area contributed by atoms with Crippen molar-refractivity contribution < 1.29 is 14.4 Å². The highest BCUT2D eigenvalue weighted by Crippen LogP contribution is 2.30. The van der Waals surface area contributed by atoms with Gasteiger partial charge in [-0.1, -0.05) is 12.1 Å². The van der Waals surface area contributed by atoms with Crippen molar-refractivity contribution in [2.45, 2.75) is 25.9 Å². The van der Waals surface area contributed by atoms with Gasteiger partial charge in [0, 0.05) is 11.6 Å². The molecule has 0 saturated heterocycles. The predicted octanol–water partition coefficient (Wildman–Crippen LogP) is 2.72. The van der Waals surface area contributed by atoms with Crippen LogP contribution in [0.3, 0.4) is 0 Å². The van der Waals surface area contributed by atoms with Gasteiger partial charge in [-0.15, -0.1) is 0 Å². The van der Waals surface area contributed by atoms with Crippen molar-refractivity contribution in [3.63, 3.8) is 0 Å². The standard InChI is InChI=1S/C15H18N2O4/c1-15(2,10-18)16-9-11-7-8-14(21-11)12-5-3-4-6-13(12)17(19)20/h3-8,16,18H,9-10H2,1-2H3. The largest absolute Gasteiger partial charge is 0.459 e. The Morgan fingerprint density at radius 2 is 2.00 bits per heavy atom. The fourth-order valence-corrected chi connectivity index (χ4v) is 1.84. The van der Waals surface area contributed by atoms with Crippen molar-refractivity contribution in [2.24, 2.45) is 0 Å². The van der Waals surface area contributed by atoms with Crippen LogP contribution < -0.4 is 5.32 Å². The summed E-state index contributed by atoms with van der Waals surface area (Å²) < 4.78 is 5.65. The number of para-hydroxylation sites is 1. The molecule has 0 spiro atoms. The number of benzene rings is 1. The molecular weight excluding hydrogens is 272 g/mol. The summed E-state index contributed by atoms with van der Waals surface area (Å²) in [5.41, 5.74) is 0.0586. The van der Waals surface area contributed by atoms with Crippen molar-refractivity contribution in [1.82, 2.24) is 5.32 Å². The van der Waals surface area contributed by atoms with E-state index in [1.807, 2.05) is 13.8 Å². The van der Waals surface area contributed by atoms with Gasteiger partial charge in [-0.2, -0.15) is 0 Å². The fraction of sp³-hybridized carbons (Fsp3) is 0.333. The van der Waals surface area contributed by atoms with Crippen molar-refractivity contribution >= 4 is 5.69 Å². The summed E-state index contributed by atoms with van der Waals surface area (Å²) in [7, 11) is 0. The number of nitro groups is 1. The van der Waals surface area contributed by atoms with Crippen molar-refractivity contribution in [3.8, 4) is 11.3 Å². The summed E-state index contributed by atoms with van der Waals surface area (Å²) >= 11 is 0. The molecule has 0 amide bonds. The van der Waals surface area contributed by atoms with E-state index in [9.17, 15) is 15.2 Å². The minimum absolute atomic E-state index is 0.00469. The molecule has 0 atom stereocenters. The highest BCUT2D eigenvalue weighted by molar-refractivity contribution is 5.69. The summed E-state index contributed by atoms with van der Waals surface area (Å²) in [6.07, 6.45) is 0. The van der Waals surface area contributed by atoms with E-state index in [-0.39, 0.29) is 12.3 Å². The zero-order valence-corrected chi connectivity index (χ0v) is 12.0. The number of nitrogens with zero attached hydrogens (tertiary/aromatic N) is 1. The fourth-order valence-electron chi connectivity index (χ4n) is 1.84. The van der Waals surface area contributed by atoms with E-state index in [2.05, 4.69) is 5.32 Å². The van der Waals surface area contributed by atoms with Gasteiger partial charge >= 0.3 is 0 Å². The highest BCUT2D eigenvalue weighted by atomic mass is 16.6. The molecule has 2 aromatic rings. The molecule has 2 rings (SSSR count). The molecule has 0 unspecified atom stereocenters. The van der Waals surface area contributed by atoms with E-state index >= 15 is 0 Å². The lowest BCUT2D eigenvalue weighted by Gasteiger charge is -2.22. The van der Waals surface area contributed by atoms with Gasteiger partial charge in [0.15, 0.2) is 0 Å². The first kappa shape index (κ1) is 15.2. The van der Waals surface area contributed by atoms with E-state index in [1.165, 1.54) is 6.07 Å². The van der Waals surface area contributed by atoms with Gasteiger partial charge in [0.05, 0.1) is 23.6 Å². The first-order valence-corrected chi connectivity index (χ1v) is 6.61. The quantitative estimate of drug-likeness (QED) is 0.630. The number of nitrogens with one attached hydrogen (secondary N) is 1. The third-order valence-electron chi connectivity index (χ3n) is 3.16. The van der Waals surface area contributed by atoms with Gasteiger partial charge in [0.2, 0.25) is 0 Å². The molecule has 0 fully saturated rings. The van der Waals surface area contributed by atoms with Crippen LogP contribution in [0.25, 0.3) is 11.3 Å². The third-order valence-corrected chi connectivity index (χ3v) is 3.16. The minimum Gasteiger partial charge on any atom is -0.459 e. The highest BCUT2D eigenvalue weighted by Gasteiger charge is 2.19. The molecule has 0 saturated carbocycles. The van der Waals surface area contributed by atoms with Crippen LogP contribution in [0, 0.1) is 10.1 Å². The Morgan fingerprint density at radius 1 is 1.29 bits per heavy atom. The number of nitro benzene ring substituents is 1. The number of aliphatic hydroxyl groups excluding tert-OH is 1. The summed E-state index contributed by atoms with van der Waals surface area (Å²) in [5, 5.41) is 23.4. The average molecular weight is 290 g/mol. The molecule has 1 aromatic heterocycles. The topological polar surface area (TPSA) is 88.5 Å². The van der Waals surface area contributed by atoms with Gasteiger partial charge in [-0.25, -0.2) is 0 Å². The maximum absolute atomic E-state index is 11.0. The van der Waals surface area contributed by atoms with Crippen LogP contribution in [-0.4, -0.2) is 22.2 Å². The molecular formula is C15H18N2O4. The molecule has 1 heterocycles. The smallest absolute Gasteiger partial charge is 0.280 e. The Balaban J connectivity index is 2.19. The SMILES string of the molecule is CC(C)(CO)NCc1ccc(-c2ccccc2[N+](=O)[O-])o1. The van der Waals surface area contributed by atoms with Crippen LogP contribution in [0.1, 0.15) is 19.6 Å². The first-order chi connectivity index (χ1) is 9.93. The van der Waals surface area contributed by atoms with Crippen molar-refractivity contribution in [2.75, 3.05) is 6.61 Å². The average Bonchev–Trinajstić information content (AvgIpc) is 2.94. The Labute approximate surface area is 122 Å². The number of furan rings is 1. The van der Waals surface area contributed by atoms with Crippen molar-refractivity contribution in [1.29, 1.82) is 0 Å². The summed E-state index contributed by atoms with van der Waals surface area (Å²) in [6.45, 7) is 4.19. The summed E-state index contributed by atoms with van der Waals surface area (Å²) in [6, 6.07) is 9.95. The van der Waals surface area contributed by atoms with Gasteiger partial charge in [0.25, 0.3) is 5.69 Å². The summed E-state index contributed by atoms with van der Waals surface area (Å²) in [5.74, 6) is 1.12. The molecule has 112 valence electrons. The molecule has 0 aliphatic rings. The molecule has 2 N–H and O–H groups in total. The Hall–Kier alpha value is -2.18. The van der Waals surface area contributed by atoms with Gasteiger partial charge in [-0.05, 0) is 32.0 Å². The van der Waals surface area contributed by atoms with Crippen LogP contribution in [0.2, 0.25) is 0 Å². The second-order valence-corrected chi connectivity index (χ2v) is 5.44. The lowest BCUT2D eigenvalue weighted by Crippen LogP contribution is -2.41. The second kappa shape index (κ2) is 6.07. The molecule has 0 aliphatic heterocycles. The van der Waals surface area contributed by atoms with Crippen LogP contribution in [0.4, 0.5) is 5.69 Å². The zero-order chi connectivity index (χ0) is 15.5. The van der Waals surface area contributed by atoms with Gasteiger partial charge in [0.1, 0.15) is 11.5 Å². The molecule has 21 heavy (non-hydrogen) atoms. The zero-order valence-electron chi connectivity index (χ0n) is 12.0. The predicted molar refractivity (Wildman–Crippen MR) is 78.8 cm³/mol. The van der Waals surface area contributed by atoms with Crippen LogP contribution in [0.5, 0.6) is 0 Å². The Morgan fingerprint density at radius 3 is 2.67 bits per heavy atom. The number of rotatable bonds is 6. The molecule has 6 heteroatoms. The van der Waals surface area contributed by atoms with E-state index in [4.69, 9.17) is 4.42 Å². The molecule has 1 aromatic carbocycles. The molecule has 6 nitrogen and oxygen atoms in total. The minimum atomic E-state index is -0.426. The van der Waals surface area contributed by atoms with E-state index in [1.54, 1.807) is 30.3 Å². The Kier molecular flexibility index (Phi) is 4.40. The first-order valence-electron chi connectivity index (χ1n) is 6.61. The maximum Gasteiger partial charge on any atom is 0.280 e. The number of hydrogen-bond acceptors (Lipinski definition) is 5. The van der Waals surface area contributed by atoms with Crippen molar-refractivity contribution in [3.05, 3.63) is 52.3 Å². The van der Waals surface area contributed by atoms with Crippen LogP contribution >= 0.6 is 0 Å². The van der Waals surface area contributed by atoms with Gasteiger partial charge in [-0.3, -0.25) is 10.1 Å². The molecule has 0 bridgehead atoms. The second-order valence-electron chi connectivity index (χ2n) is 5.44. The van der Waals surface area contributed by atoms with E-state index in [0.717, 1.165) is 0 Å². The normalized spacial score (nSPS) is 11.6. The monoisotopic (exact) mass is 290 g/mol. The van der Waals surface area contributed by atoms with E-state index < -0.39 is 10.5 Å². The van der Waals surface area contributed by atoms with Crippen LogP contribution in [-0.2, 0) is 6.54 Å². The Bertz CT molecular complexity index is 634. The third kappa shape index (κ3) is 3.68. The van der Waals surface area contributed by atoms with E-state index in [0.29, 0.717) is 23.6 Å².